The average Bonchev–Trinajstić information content (AvgIpc) is 2.58. The Kier molecular flexibility index (Phi) is 2.39. The van der Waals surface area contributed by atoms with Gasteiger partial charge in [0.25, 0.3) is 0 Å². The second kappa shape index (κ2) is 3.27. The molecule has 1 N–H and O–H groups in total. The summed E-state index contributed by atoms with van der Waals surface area (Å²) in [6.07, 6.45) is 6.00. The predicted molar refractivity (Wildman–Crippen MR) is 56.6 cm³/mol. The zero-order valence-corrected chi connectivity index (χ0v) is 9.27. The van der Waals surface area contributed by atoms with Gasteiger partial charge in [0.1, 0.15) is 0 Å². The molecule has 0 aliphatic heterocycles. The fraction of sp³-hybridized carbons (Fsp3) is 1.00. The molecular weight excluding hydrogens is 158 g/mol. The van der Waals surface area contributed by atoms with Crippen molar-refractivity contribution in [2.75, 3.05) is 13.6 Å². The normalized spacial score (nSPS) is 42.5. The first-order valence-corrected chi connectivity index (χ1v) is 5.80. The quantitative estimate of drug-likeness (QED) is 0.703. The number of hydrogen-bond donors (Lipinski definition) is 1. The molecule has 0 aromatic rings. The fourth-order valence-corrected chi connectivity index (χ4v) is 3.63. The van der Waals surface area contributed by atoms with E-state index in [1.807, 2.05) is 0 Å². The van der Waals surface area contributed by atoms with Crippen molar-refractivity contribution in [2.45, 2.75) is 39.5 Å². The maximum Gasteiger partial charge on any atom is 0.000511 e. The van der Waals surface area contributed by atoms with Gasteiger partial charge in [0.2, 0.25) is 0 Å². The van der Waals surface area contributed by atoms with Gasteiger partial charge in [0.15, 0.2) is 0 Å². The Balaban J connectivity index is 1.95. The summed E-state index contributed by atoms with van der Waals surface area (Å²) in [5, 5.41) is 3.40. The monoisotopic (exact) mass is 181 g/mol. The summed E-state index contributed by atoms with van der Waals surface area (Å²) in [4.78, 5) is 0. The minimum Gasteiger partial charge on any atom is -0.319 e. The van der Waals surface area contributed by atoms with E-state index in [0.29, 0.717) is 5.41 Å². The van der Waals surface area contributed by atoms with E-state index in [2.05, 4.69) is 26.2 Å². The molecule has 0 aromatic heterocycles. The molecule has 0 amide bonds. The Hall–Kier alpha value is -0.0400. The van der Waals surface area contributed by atoms with E-state index < -0.39 is 0 Å². The topological polar surface area (TPSA) is 12.0 Å². The molecule has 2 saturated carbocycles. The zero-order valence-electron chi connectivity index (χ0n) is 9.27. The van der Waals surface area contributed by atoms with Crippen LogP contribution in [0.15, 0.2) is 0 Å². The lowest BCUT2D eigenvalue weighted by atomic mass is 9.76. The highest BCUT2D eigenvalue weighted by Crippen LogP contribution is 2.61. The van der Waals surface area contributed by atoms with Crippen molar-refractivity contribution in [3.8, 4) is 0 Å². The molecular formula is C12H23N. The van der Waals surface area contributed by atoms with Gasteiger partial charge in [-0.15, -0.1) is 0 Å². The van der Waals surface area contributed by atoms with Crippen molar-refractivity contribution in [3.05, 3.63) is 0 Å². The van der Waals surface area contributed by atoms with E-state index in [9.17, 15) is 0 Å². The van der Waals surface area contributed by atoms with Crippen LogP contribution in [-0.2, 0) is 0 Å². The molecule has 1 nitrogen and oxygen atoms in total. The number of nitrogens with one attached hydrogen (secondary N) is 1. The molecule has 13 heavy (non-hydrogen) atoms. The van der Waals surface area contributed by atoms with E-state index in [-0.39, 0.29) is 0 Å². The Bertz CT molecular complexity index is 176. The third kappa shape index (κ3) is 1.90. The first-order valence-electron chi connectivity index (χ1n) is 5.80. The van der Waals surface area contributed by atoms with Crippen LogP contribution in [0.3, 0.4) is 0 Å². The van der Waals surface area contributed by atoms with Crippen LogP contribution in [0.4, 0.5) is 0 Å². The first kappa shape index (κ1) is 9.51. The van der Waals surface area contributed by atoms with Gasteiger partial charge >= 0.3 is 0 Å². The van der Waals surface area contributed by atoms with Gasteiger partial charge in [-0.05, 0) is 55.9 Å². The molecule has 0 saturated heterocycles. The Morgan fingerprint density at radius 1 is 1.31 bits per heavy atom. The van der Waals surface area contributed by atoms with Gasteiger partial charge < -0.3 is 5.32 Å². The summed E-state index contributed by atoms with van der Waals surface area (Å²) < 4.78 is 0. The smallest absolute Gasteiger partial charge is 0.000511 e. The van der Waals surface area contributed by atoms with Gasteiger partial charge in [-0.1, -0.05) is 13.8 Å². The van der Waals surface area contributed by atoms with Gasteiger partial charge in [-0.3, -0.25) is 0 Å². The average molecular weight is 181 g/mol. The van der Waals surface area contributed by atoms with Crippen molar-refractivity contribution < 1.29 is 0 Å². The first-order chi connectivity index (χ1) is 6.15. The Morgan fingerprint density at radius 2 is 1.92 bits per heavy atom. The second-order valence-corrected chi connectivity index (χ2v) is 5.79. The van der Waals surface area contributed by atoms with Gasteiger partial charge in [-0.25, -0.2) is 0 Å². The minimum absolute atomic E-state index is 0.677. The maximum atomic E-state index is 3.40. The highest BCUT2D eigenvalue weighted by atomic mass is 14.8. The summed E-state index contributed by atoms with van der Waals surface area (Å²) in [5.41, 5.74) is 0.677. The van der Waals surface area contributed by atoms with Crippen LogP contribution in [0.2, 0.25) is 0 Å². The predicted octanol–water partition coefficient (Wildman–Crippen LogP) is 2.67. The molecule has 0 spiro atoms. The van der Waals surface area contributed by atoms with Crippen LogP contribution in [0, 0.1) is 23.2 Å². The van der Waals surface area contributed by atoms with Gasteiger partial charge in [-0.2, -0.15) is 0 Å². The molecule has 0 heterocycles. The standard InChI is InChI=1S/C12H23N/c1-9(2)5-12(8-13-3)6-10-4-11(10)7-12/h9-11,13H,4-8H2,1-3H3. The summed E-state index contributed by atoms with van der Waals surface area (Å²) in [6, 6.07) is 0. The van der Waals surface area contributed by atoms with Crippen molar-refractivity contribution in [3.63, 3.8) is 0 Å². The molecule has 2 atom stereocenters. The summed E-state index contributed by atoms with van der Waals surface area (Å²) in [6.45, 7) is 5.97. The number of rotatable bonds is 4. The van der Waals surface area contributed by atoms with Gasteiger partial charge in [0, 0.05) is 6.54 Å². The molecule has 2 aliphatic rings. The molecule has 76 valence electrons. The second-order valence-electron chi connectivity index (χ2n) is 5.79. The fourth-order valence-electron chi connectivity index (χ4n) is 3.63. The third-order valence-electron chi connectivity index (χ3n) is 3.85. The zero-order chi connectivity index (χ0) is 9.47. The van der Waals surface area contributed by atoms with Crippen LogP contribution in [-0.4, -0.2) is 13.6 Å². The maximum absolute atomic E-state index is 3.40. The van der Waals surface area contributed by atoms with E-state index >= 15 is 0 Å². The molecule has 2 aliphatic carbocycles. The van der Waals surface area contributed by atoms with Gasteiger partial charge in [0.05, 0.1) is 0 Å². The van der Waals surface area contributed by atoms with E-state index in [0.717, 1.165) is 17.8 Å². The molecule has 2 fully saturated rings. The third-order valence-corrected chi connectivity index (χ3v) is 3.85. The van der Waals surface area contributed by atoms with Crippen LogP contribution < -0.4 is 5.32 Å². The molecule has 1 heteroatoms. The molecule has 0 aromatic carbocycles. The van der Waals surface area contributed by atoms with E-state index in [1.165, 1.54) is 25.8 Å². The Morgan fingerprint density at radius 3 is 2.38 bits per heavy atom. The molecule has 0 radical (unpaired) electrons. The SMILES string of the molecule is CNCC1(CC(C)C)CC2CC2C1. The van der Waals surface area contributed by atoms with E-state index in [4.69, 9.17) is 0 Å². The highest BCUT2D eigenvalue weighted by molar-refractivity contribution is 5.04. The van der Waals surface area contributed by atoms with Crippen molar-refractivity contribution in [1.29, 1.82) is 0 Å². The molecule has 2 unspecified atom stereocenters. The van der Waals surface area contributed by atoms with E-state index in [1.54, 1.807) is 6.42 Å². The lowest BCUT2D eigenvalue weighted by molar-refractivity contribution is 0.206. The van der Waals surface area contributed by atoms with Crippen LogP contribution in [0.5, 0.6) is 0 Å². The molecule has 2 rings (SSSR count). The minimum atomic E-state index is 0.677. The van der Waals surface area contributed by atoms with Crippen LogP contribution in [0.25, 0.3) is 0 Å². The van der Waals surface area contributed by atoms with Crippen molar-refractivity contribution in [1.82, 2.24) is 5.32 Å². The number of fused-ring (bicyclic) bond motifs is 1. The lowest BCUT2D eigenvalue weighted by Gasteiger charge is -2.32. The summed E-state index contributed by atoms with van der Waals surface area (Å²) in [7, 11) is 2.10. The largest absolute Gasteiger partial charge is 0.319 e. The molecule has 0 bridgehead atoms. The summed E-state index contributed by atoms with van der Waals surface area (Å²) in [5.74, 6) is 3.10. The van der Waals surface area contributed by atoms with Crippen LogP contribution in [0.1, 0.15) is 39.5 Å². The summed E-state index contributed by atoms with van der Waals surface area (Å²) >= 11 is 0. The highest BCUT2D eigenvalue weighted by Gasteiger charge is 2.53. The Labute approximate surface area is 82.3 Å². The number of hydrogen-bond acceptors (Lipinski definition) is 1. The van der Waals surface area contributed by atoms with Crippen molar-refractivity contribution in [2.24, 2.45) is 23.2 Å². The lowest BCUT2D eigenvalue weighted by Crippen LogP contribution is -2.32. The van der Waals surface area contributed by atoms with Crippen LogP contribution >= 0.6 is 0 Å². The van der Waals surface area contributed by atoms with Crippen molar-refractivity contribution >= 4 is 0 Å².